The van der Waals surface area contributed by atoms with Crippen molar-refractivity contribution in [3.05, 3.63) is 58.1 Å². The molecule has 0 radical (unpaired) electrons. The Bertz CT molecular complexity index is 696. The molecule has 0 aliphatic heterocycles. The van der Waals surface area contributed by atoms with Crippen molar-refractivity contribution in [2.45, 2.75) is 0 Å². The van der Waals surface area contributed by atoms with Crippen LogP contribution in [0.15, 0.2) is 42.5 Å². The first-order chi connectivity index (χ1) is 11.0. The molecule has 0 aliphatic carbocycles. The highest BCUT2D eigenvalue weighted by molar-refractivity contribution is 6.37. The number of rotatable bonds is 5. The van der Waals surface area contributed by atoms with Crippen molar-refractivity contribution >= 4 is 40.8 Å². The van der Waals surface area contributed by atoms with Crippen LogP contribution >= 0.6 is 23.2 Å². The molecule has 0 saturated carbocycles. The van der Waals surface area contributed by atoms with E-state index >= 15 is 0 Å². The third kappa shape index (κ3) is 4.61. The molecule has 2 aromatic carbocycles. The molecule has 2 aromatic rings. The molecule has 7 heteroatoms. The summed E-state index contributed by atoms with van der Waals surface area (Å²) < 4.78 is 9.93. The summed E-state index contributed by atoms with van der Waals surface area (Å²) in [5, 5.41) is 3.29. The Morgan fingerprint density at radius 2 is 1.65 bits per heavy atom. The molecule has 23 heavy (non-hydrogen) atoms. The Balaban J connectivity index is 1.93. The van der Waals surface area contributed by atoms with E-state index in [2.05, 4.69) is 10.1 Å². The predicted molar refractivity (Wildman–Crippen MR) is 88.4 cm³/mol. The summed E-state index contributed by atoms with van der Waals surface area (Å²) in [4.78, 5) is 23.2. The molecular weight excluding hydrogens is 341 g/mol. The second kappa shape index (κ2) is 7.85. The third-order valence-electron chi connectivity index (χ3n) is 2.86. The lowest BCUT2D eigenvalue weighted by atomic mass is 10.2. The number of anilines is 1. The number of para-hydroxylation sites is 1. The van der Waals surface area contributed by atoms with Gasteiger partial charge in [0.2, 0.25) is 0 Å². The molecule has 0 fully saturated rings. The van der Waals surface area contributed by atoms with Crippen molar-refractivity contribution in [3.63, 3.8) is 0 Å². The number of nitrogens with one attached hydrogen (secondary N) is 1. The first-order valence-electron chi connectivity index (χ1n) is 6.56. The number of hydrogen-bond acceptors (Lipinski definition) is 4. The van der Waals surface area contributed by atoms with Crippen LogP contribution in [0.4, 0.5) is 5.69 Å². The zero-order chi connectivity index (χ0) is 16.8. The number of ether oxygens (including phenoxy) is 2. The van der Waals surface area contributed by atoms with Gasteiger partial charge in [-0.15, -0.1) is 0 Å². The summed E-state index contributed by atoms with van der Waals surface area (Å²) in [7, 11) is 1.30. The van der Waals surface area contributed by atoms with E-state index in [0.717, 1.165) is 0 Å². The van der Waals surface area contributed by atoms with Gasteiger partial charge >= 0.3 is 5.97 Å². The van der Waals surface area contributed by atoms with Crippen LogP contribution in [0, 0.1) is 0 Å². The number of amides is 1. The Morgan fingerprint density at radius 3 is 2.22 bits per heavy atom. The number of halogens is 2. The van der Waals surface area contributed by atoms with E-state index < -0.39 is 5.97 Å². The van der Waals surface area contributed by atoms with Crippen LogP contribution in [0.3, 0.4) is 0 Å². The fourth-order valence-electron chi connectivity index (χ4n) is 1.76. The van der Waals surface area contributed by atoms with Crippen LogP contribution < -0.4 is 10.1 Å². The highest BCUT2D eigenvalue weighted by Crippen LogP contribution is 2.32. The summed E-state index contributed by atoms with van der Waals surface area (Å²) in [5.74, 6) is -0.571. The minimum Gasteiger partial charge on any atom is -0.481 e. The second-order valence-electron chi connectivity index (χ2n) is 4.46. The fraction of sp³-hybridized carbons (Fsp3) is 0.125. The van der Waals surface area contributed by atoms with Crippen molar-refractivity contribution in [3.8, 4) is 5.75 Å². The van der Waals surface area contributed by atoms with E-state index in [9.17, 15) is 9.59 Å². The quantitative estimate of drug-likeness (QED) is 0.830. The molecular formula is C16H13Cl2NO4. The third-order valence-corrected chi connectivity index (χ3v) is 3.45. The minimum atomic E-state index is -0.445. The van der Waals surface area contributed by atoms with E-state index in [1.54, 1.807) is 42.5 Å². The lowest BCUT2D eigenvalue weighted by Crippen LogP contribution is -2.20. The highest BCUT2D eigenvalue weighted by Gasteiger charge is 2.10. The van der Waals surface area contributed by atoms with Gasteiger partial charge in [0.25, 0.3) is 5.91 Å². The average Bonchev–Trinajstić information content (AvgIpc) is 2.54. The van der Waals surface area contributed by atoms with E-state index in [0.29, 0.717) is 21.3 Å². The summed E-state index contributed by atoms with van der Waals surface area (Å²) in [6, 6.07) is 11.2. The zero-order valence-corrected chi connectivity index (χ0v) is 13.6. The van der Waals surface area contributed by atoms with Gasteiger partial charge in [0.1, 0.15) is 0 Å². The van der Waals surface area contributed by atoms with Crippen LogP contribution in [-0.2, 0) is 9.53 Å². The molecule has 0 bridgehead atoms. The van der Waals surface area contributed by atoms with Gasteiger partial charge in [-0.3, -0.25) is 4.79 Å². The summed E-state index contributed by atoms with van der Waals surface area (Å²) in [6.45, 7) is -0.248. The van der Waals surface area contributed by atoms with Crippen LogP contribution in [-0.4, -0.2) is 25.6 Å². The lowest BCUT2D eigenvalue weighted by Gasteiger charge is -2.10. The number of hydrogen-bond donors (Lipinski definition) is 1. The fourth-order valence-corrected chi connectivity index (χ4v) is 2.27. The van der Waals surface area contributed by atoms with Crippen molar-refractivity contribution in [1.29, 1.82) is 0 Å². The SMILES string of the molecule is COC(=O)c1ccc(NC(=O)COc2c(Cl)cccc2Cl)cc1. The number of carbonyl (C=O) groups is 2. The van der Waals surface area contributed by atoms with E-state index in [-0.39, 0.29) is 18.3 Å². The molecule has 0 aromatic heterocycles. The summed E-state index contributed by atoms with van der Waals surface area (Å²) >= 11 is 11.9. The van der Waals surface area contributed by atoms with Gasteiger partial charge < -0.3 is 14.8 Å². The Hall–Kier alpha value is -2.24. The smallest absolute Gasteiger partial charge is 0.337 e. The molecule has 0 unspecified atom stereocenters. The minimum absolute atomic E-state index is 0.248. The molecule has 0 atom stereocenters. The molecule has 0 saturated heterocycles. The number of carbonyl (C=O) groups excluding carboxylic acids is 2. The maximum Gasteiger partial charge on any atom is 0.337 e. The van der Waals surface area contributed by atoms with Crippen LogP contribution in [0.1, 0.15) is 10.4 Å². The Labute approximate surface area is 143 Å². The summed E-state index contributed by atoms with van der Waals surface area (Å²) in [5.41, 5.74) is 0.918. The zero-order valence-electron chi connectivity index (χ0n) is 12.1. The van der Waals surface area contributed by atoms with Gasteiger partial charge in [-0.1, -0.05) is 29.3 Å². The van der Waals surface area contributed by atoms with Crippen LogP contribution in [0.5, 0.6) is 5.75 Å². The van der Waals surface area contributed by atoms with E-state index in [4.69, 9.17) is 27.9 Å². The van der Waals surface area contributed by atoms with Gasteiger partial charge in [-0.05, 0) is 36.4 Å². The standard InChI is InChI=1S/C16H13Cl2NO4/c1-22-16(21)10-5-7-11(8-6-10)19-14(20)9-23-15-12(17)3-2-4-13(15)18/h2-8H,9H2,1H3,(H,19,20). The van der Waals surface area contributed by atoms with E-state index in [1.807, 2.05) is 0 Å². The van der Waals surface area contributed by atoms with Gasteiger partial charge in [-0.2, -0.15) is 0 Å². The first-order valence-corrected chi connectivity index (χ1v) is 7.32. The van der Waals surface area contributed by atoms with Gasteiger partial charge in [0, 0.05) is 5.69 Å². The molecule has 5 nitrogen and oxygen atoms in total. The molecule has 0 heterocycles. The van der Waals surface area contributed by atoms with Crippen LogP contribution in [0.2, 0.25) is 10.0 Å². The molecule has 1 N–H and O–H groups in total. The second-order valence-corrected chi connectivity index (χ2v) is 5.27. The number of benzene rings is 2. The maximum absolute atomic E-state index is 11.9. The van der Waals surface area contributed by atoms with Gasteiger partial charge in [-0.25, -0.2) is 4.79 Å². The highest BCUT2D eigenvalue weighted by atomic mass is 35.5. The largest absolute Gasteiger partial charge is 0.481 e. The maximum atomic E-state index is 11.9. The normalized spacial score (nSPS) is 10.0. The van der Waals surface area contributed by atoms with Crippen molar-refractivity contribution in [2.24, 2.45) is 0 Å². The van der Waals surface area contributed by atoms with Crippen molar-refractivity contribution in [1.82, 2.24) is 0 Å². The Morgan fingerprint density at radius 1 is 1.04 bits per heavy atom. The topological polar surface area (TPSA) is 64.6 Å². The van der Waals surface area contributed by atoms with Gasteiger partial charge in [0.05, 0.1) is 22.7 Å². The molecule has 120 valence electrons. The predicted octanol–water partition coefficient (Wildman–Crippen LogP) is 3.80. The van der Waals surface area contributed by atoms with Crippen LogP contribution in [0.25, 0.3) is 0 Å². The molecule has 0 spiro atoms. The Kier molecular flexibility index (Phi) is 5.84. The molecule has 2 rings (SSSR count). The average molecular weight is 354 g/mol. The summed E-state index contributed by atoms with van der Waals surface area (Å²) in [6.07, 6.45) is 0. The molecule has 0 aliphatic rings. The van der Waals surface area contributed by atoms with E-state index in [1.165, 1.54) is 7.11 Å². The van der Waals surface area contributed by atoms with Crippen molar-refractivity contribution < 1.29 is 19.1 Å². The lowest BCUT2D eigenvalue weighted by molar-refractivity contribution is -0.118. The number of methoxy groups -OCH3 is 1. The number of esters is 1. The monoisotopic (exact) mass is 353 g/mol. The van der Waals surface area contributed by atoms with Gasteiger partial charge in [0.15, 0.2) is 12.4 Å². The molecule has 1 amide bonds. The van der Waals surface area contributed by atoms with Crippen molar-refractivity contribution in [2.75, 3.05) is 19.0 Å². The first kappa shape index (κ1) is 17.1.